The number of nitrogens with zero attached hydrogens (tertiary/aromatic N) is 4. The van der Waals surface area contributed by atoms with E-state index in [0.717, 1.165) is 6.54 Å². The fourth-order valence-corrected chi connectivity index (χ4v) is 3.17. The quantitative estimate of drug-likeness (QED) is 0.431. The third kappa shape index (κ3) is 2.15. The average Bonchev–Trinajstić information content (AvgIpc) is 3.28. The summed E-state index contributed by atoms with van der Waals surface area (Å²) in [5.41, 5.74) is 7.18. The van der Waals surface area contributed by atoms with Gasteiger partial charge in [-0.05, 0) is 0 Å². The SMILES string of the molecule is Nc1ncnc2c1c(C1=NCCN1)cn2C1OC(CO)C(O)C1O. The Labute approximate surface area is 136 Å². The molecule has 24 heavy (non-hydrogen) atoms. The molecule has 128 valence electrons. The van der Waals surface area contributed by atoms with Gasteiger partial charge in [-0.3, -0.25) is 4.99 Å². The fourth-order valence-electron chi connectivity index (χ4n) is 3.17. The number of aliphatic hydroxyl groups excluding tert-OH is 3. The summed E-state index contributed by atoms with van der Waals surface area (Å²) >= 11 is 0. The van der Waals surface area contributed by atoms with E-state index in [4.69, 9.17) is 10.5 Å². The molecular weight excluding hydrogens is 316 g/mol. The number of aliphatic imine (C=N–C) groups is 1. The average molecular weight is 334 g/mol. The Balaban J connectivity index is 1.86. The van der Waals surface area contributed by atoms with E-state index in [1.54, 1.807) is 10.8 Å². The zero-order valence-corrected chi connectivity index (χ0v) is 12.7. The molecule has 10 nitrogen and oxygen atoms in total. The van der Waals surface area contributed by atoms with Gasteiger partial charge in [-0.15, -0.1) is 0 Å². The molecule has 6 N–H and O–H groups in total. The topological polar surface area (TPSA) is 151 Å². The first-order chi connectivity index (χ1) is 11.6. The first-order valence-corrected chi connectivity index (χ1v) is 7.64. The maximum absolute atomic E-state index is 10.3. The van der Waals surface area contributed by atoms with Gasteiger partial charge in [0.05, 0.1) is 18.5 Å². The Morgan fingerprint density at radius 2 is 2.17 bits per heavy atom. The minimum Gasteiger partial charge on any atom is -0.394 e. The van der Waals surface area contributed by atoms with Crippen LogP contribution in [0.15, 0.2) is 17.5 Å². The highest BCUT2D eigenvalue weighted by molar-refractivity contribution is 6.12. The number of nitrogen functional groups attached to an aromatic ring is 1. The predicted octanol–water partition coefficient (Wildman–Crippen LogP) is -2.03. The Morgan fingerprint density at radius 1 is 1.33 bits per heavy atom. The maximum Gasteiger partial charge on any atom is 0.164 e. The minimum absolute atomic E-state index is 0.289. The lowest BCUT2D eigenvalue weighted by Crippen LogP contribution is -2.33. The molecule has 4 unspecified atom stereocenters. The number of nitrogens with two attached hydrogens (primary N) is 1. The molecule has 0 amide bonds. The van der Waals surface area contributed by atoms with Gasteiger partial charge in [0.2, 0.25) is 0 Å². The molecule has 0 radical (unpaired) electrons. The molecule has 2 aromatic heterocycles. The summed E-state index contributed by atoms with van der Waals surface area (Å²) in [7, 11) is 0. The van der Waals surface area contributed by atoms with Crippen LogP contribution in [-0.2, 0) is 4.74 Å². The first kappa shape index (κ1) is 15.3. The maximum atomic E-state index is 10.3. The van der Waals surface area contributed by atoms with E-state index >= 15 is 0 Å². The number of aromatic nitrogens is 3. The number of anilines is 1. The second kappa shape index (κ2) is 5.67. The largest absolute Gasteiger partial charge is 0.394 e. The molecule has 0 bridgehead atoms. The van der Waals surface area contributed by atoms with Gasteiger partial charge in [0.25, 0.3) is 0 Å². The number of nitrogens with one attached hydrogen (secondary N) is 1. The van der Waals surface area contributed by atoms with Crippen molar-refractivity contribution in [1.82, 2.24) is 19.9 Å². The third-order valence-corrected chi connectivity index (χ3v) is 4.36. The van der Waals surface area contributed by atoms with Crippen LogP contribution in [0.2, 0.25) is 0 Å². The van der Waals surface area contributed by atoms with Gasteiger partial charge in [-0.2, -0.15) is 0 Å². The molecule has 0 aromatic carbocycles. The van der Waals surface area contributed by atoms with E-state index in [-0.39, 0.29) is 5.82 Å². The van der Waals surface area contributed by atoms with Crippen LogP contribution in [0.3, 0.4) is 0 Å². The number of amidine groups is 1. The van der Waals surface area contributed by atoms with Crippen LogP contribution in [0, 0.1) is 0 Å². The normalized spacial score (nSPS) is 29.9. The first-order valence-electron chi connectivity index (χ1n) is 7.64. The number of hydrogen-bond donors (Lipinski definition) is 5. The molecule has 2 aliphatic heterocycles. The van der Waals surface area contributed by atoms with Crippen molar-refractivity contribution < 1.29 is 20.1 Å². The molecule has 10 heteroatoms. The van der Waals surface area contributed by atoms with Gasteiger partial charge in [-0.25, -0.2) is 9.97 Å². The number of aliphatic hydroxyl groups is 3. The van der Waals surface area contributed by atoms with Gasteiger partial charge >= 0.3 is 0 Å². The number of ether oxygens (including phenoxy) is 1. The highest BCUT2D eigenvalue weighted by Gasteiger charge is 2.44. The summed E-state index contributed by atoms with van der Waals surface area (Å²) in [6.45, 7) is 0.985. The van der Waals surface area contributed by atoms with Crippen molar-refractivity contribution in [3.8, 4) is 0 Å². The zero-order valence-electron chi connectivity index (χ0n) is 12.7. The van der Waals surface area contributed by atoms with Crippen LogP contribution in [0.4, 0.5) is 5.82 Å². The van der Waals surface area contributed by atoms with Gasteiger partial charge < -0.3 is 35.7 Å². The molecule has 0 spiro atoms. The highest BCUT2D eigenvalue weighted by atomic mass is 16.6. The third-order valence-electron chi connectivity index (χ3n) is 4.36. The Kier molecular flexibility index (Phi) is 3.61. The zero-order chi connectivity index (χ0) is 16.8. The predicted molar refractivity (Wildman–Crippen MR) is 84.4 cm³/mol. The van der Waals surface area contributed by atoms with Crippen molar-refractivity contribution in [3.05, 3.63) is 18.1 Å². The summed E-state index contributed by atoms with van der Waals surface area (Å²) in [4.78, 5) is 12.7. The monoisotopic (exact) mass is 334 g/mol. The van der Waals surface area contributed by atoms with E-state index in [1.807, 2.05) is 0 Å². The molecule has 4 heterocycles. The van der Waals surface area contributed by atoms with Gasteiger partial charge in [0.1, 0.15) is 41.9 Å². The van der Waals surface area contributed by atoms with Crippen LogP contribution in [0.25, 0.3) is 11.0 Å². The highest BCUT2D eigenvalue weighted by Crippen LogP contribution is 2.34. The second-order valence-electron chi connectivity index (χ2n) is 5.79. The van der Waals surface area contributed by atoms with Crippen molar-refractivity contribution >= 4 is 22.7 Å². The number of rotatable bonds is 3. The number of hydrogen-bond acceptors (Lipinski definition) is 9. The van der Waals surface area contributed by atoms with Gasteiger partial charge in [-0.1, -0.05) is 0 Å². The molecular formula is C14H18N6O4. The second-order valence-corrected chi connectivity index (χ2v) is 5.79. The van der Waals surface area contributed by atoms with Crippen molar-refractivity contribution in [2.24, 2.45) is 4.99 Å². The number of fused-ring (bicyclic) bond motifs is 1. The van der Waals surface area contributed by atoms with Crippen molar-refractivity contribution in [3.63, 3.8) is 0 Å². The van der Waals surface area contributed by atoms with Crippen molar-refractivity contribution in [2.45, 2.75) is 24.5 Å². The van der Waals surface area contributed by atoms with Crippen molar-refractivity contribution in [2.75, 3.05) is 25.4 Å². The molecule has 4 rings (SSSR count). The van der Waals surface area contributed by atoms with Crippen molar-refractivity contribution in [1.29, 1.82) is 0 Å². The van der Waals surface area contributed by atoms with E-state index in [9.17, 15) is 15.3 Å². The van der Waals surface area contributed by atoms with Gasteiger partial charge in [0.15, 0.2) is 6.23 Å². The lowest BCUT2D eigenvalue weighted by molar-refractivity contribution is -0.0508. The standard InChI is InChI=1S/C14H18N6O4/c15-11-8-6(12-16-1-2-17-12)3-20(13(8)19-5-18-11)14-10(23)9(22)7(4-21)24-14/h3,5,7,9-10,14,21-23H,1-2,4H2,(H,16,17)(H2,15,18,19). The summed E-state index contributed by atoms with van der Waals surface area (Å²) in [6, 6.07) is 0. The molecule has 2 aliphatic rings. The lowest BCUT2D eigenvalue weighted by atomic mass is 10.1. The van der Waals surface area contributed by atoms with Gasteiger partial charge in [0, 0.05) is 18.3 Å². The van der Waals surface area contributed by atoms with E-state index < -0.39 is 31.1 Å². The van der Waals surface area contributed by atoms with Crippen LogP contribution in [0.1, 0.15) is 11.8 Å². The Bertz CT molecular complexity index is 806. The van der Waals surface area contributed by atoms with E-state index in [0.29, 0.717) is 29.0 Å². The molecule has 0 aliphatic carbocycles. The summed E-state index contributed by atoms with van der Waals surface area (Å²) in [5.74, 6) is 0.962. The van der Waals surface area contributed by atoms with Crippen LogP contribution in [0.5, 0.6) is 0 Å². The van der Waals surface area contributed by atoms with E-state index in [1.165, 1.54) is 6.33 Å². The van der Waals surface area contributed by atoms with Crippen LogP contribution >= 0.6 is 0 Å². The summed E-state index contributed by atoms with van der Waals surface area (Å²) < 4.78 is 7.19. The van der Waals surface area contributed by atoms with Crippen LogP contribution < -0.4 is 11.1 Å². The molecule has 4 atom stereocenters. The minimum atomic E-state index is -1.21. The molecule has 1 fully saturated rings. The fraction of sp³-hybridized carbons (Fsp3) is 0.500. The molecule has 2 aromatic rings. The summed E-state index contributed by atoms with van der Waals surface area (Å²) in [6.07, 6.45) is -1.13. The summed E-state index contributed by atoms with van der Waals surface area (Å²) in [5, 5.41) is 33.3. The Hall–Kier alpha value is -2.27. The smallest absolute Gasteiger partial charge is 0.164 e. The van der Waals surface area contributed by atoms with Crippen LogP contribution in [-0.4, -0.2) is 73.7 Å². The lowest BCUT2D eigenvalue weighted by Gasteiger charge is -2.17. The Morgan fingerprint density at radius 3 is 2.83 bits per heavy atom. The molecule has 0 saturated carbocycles. The van der Waals surface area contributed by atoms with E-state index in [2.05, 4.69) is 20.3 Å². The molecule has 1 saturated heterocycles.